The summed E-state index contributed by atoms with van der Waals surface area (Å²) >= 11 is 0. The number of rotatable bonds is 2. The standard InChI is InChI=1S/C20H21N5O3/c1-12-18(23-11-22-12)20(27)24-9-13-3-2-6-25(15(13)10-24)19(26)17-7-14-8-21-5-4-16(14)28-17/h4-5,7-8,11,13,15H,2-3,6,9-10H2,1H3,(H,22,23)/t13-,15+/m0/s1. The van der Waals surface area contributed by atoms with Crippen LogP contribution in [0.5, 0.6) is 0 Å². The van der Waals surface area contributed by atoms with Crippen molar-refractivity contribution in [3.05, 3.63) is 48.0 Å². The third-order valence-electron chi connectivity index (χ3n) is 5.89. The molecule has 0 aliphatic carbocycles. The Kier molecular flexibility index (Phi) is 3.92. The molecule has 2 fully saturated rings. The number of aromatic nitrogens is 3. The van der Waals surface area contributed by atoms with E-state index in [9.17, 15) is 9.59 Å². The number of fused-ring (bicyclic) bond motifs is 2. The third kappa shape index (κ3) is 2.67. The minimum Gasteiger partial charge on any atom is -0.451 e. The van der Waals surface area contributed by atoms with Crippen molar-refractivity contribution in [3.8, 4) is 0 Å². The summed E-state index contributed by atoms with van der Waals surface area (Å²) in [7, 11) is 0. The zero-order valence-electron chi connectivity index (χ0n) is 15.6. The van der Waals surface area contributed by atoms with Gasteiger partial charge in [0.2, 0.25) is 0 Å². The lowest BCUT2D eigenvalue weighted by Crippen LogP contribution is -2.48. The average Bonchev–Trinajstić information content (AvgIpc) is 3.43. The fraction of sp³-hybridized carbons (Fsp3) is 0.400. The van der Waals surface area contributed by atoms with Gasteiger partial charge in [0.15, 0.2) is 5.76 Å². The van der Waals surface area contributed by atoms with Crippen LogP contribution in [0.15, 0.2) is 35.3 Å². The van der Waals surface area contributed by atoms with Crippen LogP contribution < -0.4 is 0 Å². The minimum absolute atomic E-state index is 0.00999. The zero-order chi connectivity index (χ0) is 19.3. The van der Waals surface area contributed by atoms with Gasteiger partial charge in [-0.15, -0.1) is 0 Å². The predicted molar refractivity (Wildman–Crippen MR) is 101 cm³/mol. The number of carbonyl (C=O) groups excluding carboxylic acids is 2. The SMILES string of the molecule is Cc1[nH]cnc1C(=O)N1C[C@@H]2CCCN(C(=O)c3cc4cnccc4o3)[C@@H]2C1. The fourth-order valence-corrected chi connectivity index (χ4v) is 4.45. The summed E-state index contributed by atoms with van der Waals surface area (Å²) in [6, 6.07) is 3.52. The zero-order valence-corrected chi connectivity index (χ0v) is 15.6. The molecule has 1 N–H and O–H groups in total. The van der Waals surface area contributed by atoms with E-state index < -0.39 is 0 Å². The highest BCUT2D eigenvalue weighted by atomic mass is 16.3. The Hall–Kier alpha value is -3.16. The van der Waals surface area contributed by atoms with Crippen molar-refractivity contribution in [3.63, 3.8) is 0 Å². The van der Waals surface area contributed by atoms with Gasteiger partial charge in [0.25, 0.3) is 11.8 Å². The van der Waals surface area contributed by atoms with E-state index in [1.165, 1.54) is 6.33 Å². The maximum atomic E-state index is 13.2. The molecule has 0 unspecified atom stereocenters. The maximum absolute atomic E-state index is 13.2. The molecular formula is C20H21N5O3. The molecule has 2 amide bonds. The highest BCUT2D eigenvalue weighted by Gasteiger charge is 2.43. The number of likely N-dealkylation sites (tertiary alicyclic amines) is 2. The molecule has 144 valence electrons. The number of hydrogen-bond donors (Lipinski definition) is 1. The Morgan fingerprint density at radius 1 is 1.29 bits per heavy atom. The Balaban J connectivity index is 1.38. The van der Waals surface area contributed by atoms with Gasteiger partial charge in [-0.3, -0.25) is 14.6 Å². The number of nitrogens with zero attached hydrogens (tertiary/aromatic N) is 4. The van der Waals surface area contributed by atoms with E-state index in [4.69, 9.17) is 4.42 Å². The molecule has 0 bridgehead atoms. The minimum atomic E-state index is -0.115. The first-order chi connectivity index (χ1) is 13.6. The summed E-state index contributed by atoms with van der Waals surface area (Å²) in [4.78, 5) is 40.9. The molecule has 28 heavy (non-hydrogen) atoms. The van der Waals surface area contributed by atoms with Gasteiger partial charge < -0.3 is 19.2 Å². The number of carbonyl (C=O) groups is 2. The number of nitrogens with one attached hydrogen (secondary N) is 1. The quantitative estimate of drug-likeness (QED) is 0.737. The molecule has 8 nitrogen and oxygen atoms in total. The van der Waals surface area contributed by atoms with E-state index in [2.05, 4.69) is 15.0 Å². The summed E-state index contributed by atoms with van der Waals surface area (Å²) in [5.74, 6) is 0.426. The number of piperidine rings is 1. The van der Waals surface area contributed by atoms with Gasteiger partial charge in [0.1, 0.15) is 11.3 Å². The van der Waals surface area contributed by atoms with Crippen molar-refractivity contribution in [2.75, 3.05) is 19.6 Å². The lowest BCUT2D eigenvalue weighted by Gasteiger charge is -2.36. The van der Waals surface area contributed by atoms with Crippen LogP contribution in [0.2, 0.25) is 0 Å². The second-order valence-electron chi connectivity index (χ2n) is 7.58. The number of H-pyrrole nitrogens is 1. The molecule has 2 aliphatic heterocycles. The Bertz CT molecular complexity index is 1020. The first-order valence-corrected chi connectivity index (χ1v) is 9.55. The Morgan fingerprint density at radius 3 is 2.96 bits per heavy atom. The summed E-state index contributed by atoms with van der Waals surface area (Å²) in [5, 5.41) is 0.816. The number of furan rings is 1. The normalized spacial score (nSPS) is 21.9. The van der Waals surface area contributed by atoms with Crippen LogP contribution in [0.25, 0.3) is 11.0 Å². The lowest BCUT2D eigenvalue weighted by atomic mass is 9.92. The van der Waals surface area contributed by atoms with Crippen molar-refractivity contribution in [1.29, 1.82) is 0 Å². The maximum Gasteiger partial charge on any atom is 0.289 e. The van der Waals surface area contributed by atoms with Crippen LogP contribution in [-0.4, -0.2) is 62.2 Å². The Morgan fingerprint density at radius 2 is 2.18 bits per heavy atom. The van der Waals surface area contributed by atoms with Gasteiger partial charge in [-0.1, -0.05) is 0 Å². The molecule has 0 aromatic carbocycles. The monoisotopic (exact) mass is 379 g/mol. The van der Waals surface area contributed by atoms with E-state index in [1.54, 1.807) is 24.5 Å². The van der Waals surface area contributed by atoms with Gasteiger partial charge in [-0.05, 0) is 37.8 Å². The second kappa shape index (κ2) is 6.47. The molecule has 0 saturated carbocycles. The molecule has 2 saturated heterocycles. The van der Waals surface area contributed by atoms with Crippen molar-refractivity contribution >= 4 is 22.8 Å². The summed E-state index contributed by atoms with van der Waals surface area (Å²) in [6.45, 7) is 3.71. The first kappa shape index (κ1) is 17.0. The van der Waals surface area contributed by atoms with Crippen LogP contribution >= 0.6 is 0 Å². The van der Waals surface area contributed by atoms with Crippen LogP contribution in [0.1, 0.15) is 39.6 Å². The number of amides is 2. The van der Waals surface area contributed by atoms with Gasteiger partial charge in [0, 0.05) is 43.1 Å². The first-order valence-electron chi connectivity index (χ1n) is 9.55. The van der Waals surface area contributed by atoms with Crippen LogP contribution in [0.3, 0.4) is 0 Å². The van der Waals surface area contributed by atoms with E-state index in [0.717, 1.165) is 23.9 Å². The molecule has 3 aromatic rings. The van der Waals surface area contributed by atoms with Gasteiger partial charge >= 0.3 is 0 Å². The molecule has 8 heteroatoms. The Labute approximate surface area is 161 Å². The lowest BCUT2D eigenvalue weighted by molar-refractivity contribution is 0.0535. The average molecular weight is 379 g/mol. The van der Waals surface area contributed by atoms with Crippen LogP contribution in [0, 0.1) is 12.8 Å². The number of imidazole rings is 1. The number of aromatic amines is 1. The van der Waals surface area contributed by atoms with E-state index in [1.807, 2.05) is 16.7 Å². The smallest absolute Gasteiger partial charge is 0.289 e. The topological polar surface area (TPSA) is 95.3 Å². The number of aryl methyl sites for hydroxylation is 1. The predicted octanol–water partition coefficient (Wildman–Crippen LogP) is 2.24. The van der Waals surface area contributed by atoms with Crippen molar-refractivity contribution < 1.29 is 14.0 Å². The summed E-state index contributed by atoms with van der Waals surface area (Å²) in [6.07, 6.45) is 6.82. The van der Waals surface area contributed by atoms with Crippen molar-refractivity contribution in [2.45, 2.75) is 25.8 Å². The number of hydrogen-bond acceptors (Lipinski definition) is 5. The third-order valence-corrected chi connectivity index (χ3v) is 5.89. The largest absolute Gasteiger partial charge is 0.451 e. The van der Waals surface area contributed by atoms with Gasteiger partial charge in [0.05, 0.1) is 12.4 Å². The molecule has 2 atom stereocenters. The molecular weight excluding hydrogens is 358 g/mol. The molecule has 5 rings (SSSR count). The van der Waals surface area contributed by atoms with Gasteiger partial charge in [-0.2, -0.15) is 0 Å². The molecule has 0 radical (unpaired) electrons. The van der Waals surface area contributed by atoms with Crippen molar-refractivity contribution in [2.24, 2.45) is 5.92 Å². The van der Waals surface area contributed by atoms with Crippen molar-refractivity contribution in [1.82, 2.24) is 24.8 Å². The van der Waals surface area contributed by atoms with Crippen LogP contribution in [-0.2, 0) is 0 Å². The van der Waals surface area contributed by atoms with Crippen LogP contribution in [0.4, 0.5) is 0 Å². The fourth-order valence-electron chi connectivity index (χ4n) is 4.45. The second-order valence-corrected chi connectivity index (χ2v) is 7.58. The highest BCUT2D eigenvalue weighted by molar-refractivity contribution is 5.96. The van der Waals surface area contributed by atoms with E-state index in [0.29, 0.717) is 36.7 Å². The summed E-state index contributed by atoms with van der Waals surface area (Å²) in [5.41, 5.74) is 1.88. The van der Waals surface area contributed by atoms with Gasteiger partial charge in [-0.25, -0.2) is 4.98 Å². The molecule has 5 heterocycles. The van der Waals surface area contributed by atoms with E-state index in [-0.39, 0.29) is 23.8 Å². The number of pyridine rings is 1. The van der Waals surface area contributed by atoms with E-state index >= 15 is 0 Å². The molecule has 0 spiro atoms. The summed E-state index contributed by atoms with van der Waals surface area (Å²) < 4.78 is 5.75. The molecule has 2 aliphatic rings. The highest BCUT2D eigenvalue weighted by Crippen LogP contribution is 2.33. The molecule has 3 aromatic heterocycles.